The summed E-state index contributed by atoms with van der Waals surface area (Å²) in [4.78, 5) is 34.8. The smallest absolute Gasteiger partial charge is 0.348 e. The number of piperidine rings is 2. The highest BCUT2D eigenvalue weighted by Crippen LogP contribution is 2.32. The molecule has 1 aromatic heterocycles. The van der Waals surface area contributed by atoms with Crippen molar-refractivity contribution in [1.29, 1.82) is 0 Å². The molecule has 1 N–H and O–H groups in total. The second-order valence-electron chi connectivity index (χ2n) is 7.02. The summed E-state index contributed by atoms with van der Waals surface area (Å²) in [6, 6.07) is 0.0610. The summed E-state index contributed by atoms with van der Waals surface area (Å²) >= 11 is 0. The second kappa shape index (κ2) is 7.67. The predicted octanol–water partition coefficient (Wildman–Crippen LogP) is 2.13. The van der Waals surface area contributed by atoms with E-state index in [1.165, 1.54) is 4.90 Å². The van der Waals surface area contributed by atoms with E-state index in [2.05, 4.69) is 9.97 Å². The van der Waals surface area contributed by atoms with Gasteiger partial charge < -0.3 is 14.8 Å². The summed E-state index contributed by atoms with van der Waals surface area (Å²) in [5.74, 6) is -0.192. The monoisotopic (exact) mass is 372 g/mol. The topological polar surface area (TPSA) is 69.3 Å². The number of alkyl halides is 3. The van der Waals surface area contributed by atoms with Crippen LogP contribution < -0.4 is 0 Å². The van der Waals surface area contributed by atoms with Crippen LogP contribution in [-0.2, 0) is 16.0 Å². The van der Waals surface area contributed by atoms with Gasteiger partial charge in [0.15, 0.2) is 0 Å². The van der Waals surface area contributed by atoms with Crippen LogP contribution in [0, 0.1) is 5.92 Å². The Morgan fingerprint density at radius 2 is 2.15 bits per heavy atom. The van der Waals surface area contributed by atoms with Gasteiger partial charge in [-0.3, -0.25) is 9.59 Å². The van der Waals surface area contributed by atoms with Crippen molar-refractivity contribution in [2.45, 2.75) is 50.7 Å². The average molecular weight is 372 g/mol. The molecule has 2 amide bonds. The molecule has 0 radical (unpaired) electrons. The Morgan fingerprint density at radius 1 is 1.35 bits per heavy atom. The molecule has 2 aliphatic heterocycles. The molecule has 0 aromatic carbocycles. The number of aromatic amines is 1. The third kappa shape index (κ3) is 4.56. The first-order chi connectivity index (χ1) is 12.3. The van der Waals surface area contributed by atoms with E-state index < -0.39 is 24.9 Å². The van der Waals surface area contributed by atoms with E-state index in [1.807, 2.05) is 4.90 Å². The summed E-state index contributed by atoms with van der Waals surface area (Å²) in [6.45, 7) is 1.44. The number of carbonyl (C=O) groups is 2. The van der Waals surface area contributed by atoms with Crippen LogP contribution in [0.3, 0.4) is 0 Å². The Bertz CT molecular complexity index is 632. The maximum Gasteiger partial charge on any atom is 0.389 e. The van der Waals surface area contributed by atoms with Gasteiger partial charge in [0.1, 0.15) is 0 Å². The predicted molar refractivity (Wildman–Crippen MR) is 87.0 cm³/mol. The van der Waals surface area contributed by atoms with Crippen molar-refractivity contribution in [2.75, 3.05) is 19.6 Å². The van der Waals surface area contributed by atoms with Gasteiger partial charge in [0, 0.05) is 56.8 Å². The molecule has 0 bridgehead atoms. The zero-order valence-corrected chi connectivity index (χ0v) is 14.5. The quantitative estimate of drug-likeness (QED) is 0.861. The number of hydrogen-bond donors (Lipinski definition) is 1. The number of hydrogen-bond acceptors (Lipinski definition) is 3. The lowest BCUT2D eigenvalue weighted by Gasteiger charge is -2.47. The lowest BCUT2D eigenvalue weighted by Crippen LogP contribution is -2.57. The number of H-pyrrole nitrogens is 1. The van der Waals surface area contributed by atoms with Crippen LogP contribution in [0.4, 0.5) is 13.2 Å². The number of nitrogens with one attached hydrogen (secondary N) is 1. The van der Waals surface area contributed by atoms with Gasteiger partial charge >= 0.3 is 6.18 Å². The summed E-state index contributed by atoms with van der Waals surface area (Å²) < 4.78 is 37.0. The van der Waals surface area contributed by atoms with Crippen molar-refractivity contribution in [3.05, 3.63) is 18.2 Å². The van der Waals surface area contributed by atoms with Gasteiger partial charge in [-0.2, -0.15) is 13.2 Å². The zero-order valence-electron chi connectivity index (χ0n) is 14.5. The molecule has 2 aliphatic rings. The molecule has 2 saturated heterocycles. The van der Waals surface area contributed by atoms with E-state index in [-0.39, 0.29) is 17.9 Å². The number of carbonyl (C=O) groups excluding carboxylic acids is 2. The number of rotatable bonds is 5. The van der Waals surface area contributed by atoms with Crippen molar-refractivity contribution in [1.82, 2.24) is 19.8 Å². The molecular formula is C17H23F3N4O2. The van der Waals surface area contributed by atoms with Crippen LogP contribution >= 0.6 is 0 Å². The third-order valence-corrected chi connectivity index (χ3v) is 5.30. The number of nitrogens with zero attached hydrogens (tertiary/aromatic N) is 3. The molecule has 2 fully saturated rings. The molecule has 6 nitrogen and oxygen atoms in total. The van der Waals surface area contributed by atoms with Crippen LogP contribution in [0.25, 0.3) is 0 Å². The second-order valence-corrected chi connectivity index (χ2v) is 7.02. The minimum Gasteiger partial charge on any atom is -0.348 e. The largest absolute Gasteiger partial charge is 0.389 e. The molecule has 3 rings (SSSR count). The van der Waals surface area contributed by atoms with Gasteiger partial charge in [-0.25, -0.2) is 4.98 Å². The zero-order chi connectivity index (χ0) is 18.7. The number of likely N-dealkylation sites (tertiary alicyclic amines) is 2. The normalized spacial score (nSPS) is 23.9. The van der Waals surface area contributed by atoms with Crippen LogP contribution in [0.5, 0.6) is 0 Å². The SMILES string of the molecule is O=C(CCC(F)(F)F)N1CC[C@H]2[C@H](CCC(=O)N2CCc2cnc[nH]2)C1. The summed E-state index contributed by atoms with van der Waals surface area (Å²) in [5, 5.41) is 0. The van der Waals surface area contributed by atoms with E-state index in [0.29, 0.717) is 45.3 Å². The minimum atomic E-state index is -4.31. The Hall–Kier alpha value is -2.06. The highest BCUT2D eigenvalue weighted by atomic mass is 19.4. The maximum absolute atomic E-state index is 12.3. The summed E-state index contributed by atoms with van der Waals surface area (Å²) in [6.07, 6.45) is -0.138. The van der Waals surface area contributed by atoms with Crippen molar-refractivity contribution in [3.63, 3.8) is 0 Å². The minimum absolute atomic E-state index is 0.0610. The fourth-order valence-electron chi connectivity index (χ4n) is 3.94. The molecule has 2 atom stereocenters. The van der Waals surface area contributed by atoms with E-state index in [4.69, 9.17) is 0 Å². The van der Waals surface area contributed by atoms with Gasteiger partial charge in [0.2, 0.25) is 11.8 Å². The molecule has 3 heterocycles. The molecule has 0 aliphatic carbocycles. The summed E-state index contributed by atoms with van der Waals surface area (Å²) in [5.41, 5.74) is 0.958. The van der Waals surface area contributed by atoms with Gasteiger partial charge in [-0.1, -0.05) is 0 Å². The van der Waals surface area contributed by atoms with Crippen molar-refractivity contribution >= 4 is 11.8 Å². The fourth-order valence-corrected chi connectivity index (χ4v) is 3.94. The number of aromatic nitrogens is 2. The molecule has 0 spiro atoms. The molecule has 0 unspecified atom stereocenters. The molecule has 1 aromatic rings. The molecule has 144 valence electrons. The third-order valence-electron chi connectivity index (χ3n) is 5.30. The number of imidazole rings is 1. The lowest BCUT2D eigenvalue weighted by atomic mass is 9.83. The highest BCUT2D eigenvalue weighted by molar-refractivity contribution is 5.78. The van der Waals surface area contributed by atoms with Crippen molar-refractivity contribution in [3.8, 4) is 0 Å². The maximum atomic E-state index is 12.3. The van der Waals surface area contributed by atoms with Crippen molar-refractivity contribution in [2.24, 2.45) is 5.92 Å². The van der Waals surface area contributed by atoms with Gasteiger partial charge in [-0.15, -0.1) is 0 Å². The molecular weight excluding hydrogens is 349 g/mol. The van der Waals surface area contributed by atoms with Crippen LogP contribution in [-0.4, -0.2) is 63.4 Å². The van der Waals surface area contributed by atoms with Crippen molar-refractivity contribution < 1.29 is 22.8 Å². The van der Waals surface area contributed by atoms with Crippen LogP contribution in [0.15, 0.2) is 12.5 Å². The molecule has 26 heavy (non-hydrogen) atoms. The van der Waals surface area contributed by atoms with Gasteiger partial charge in [0.25, 0.3) is 0 Å². The average Bonchev–Trinajstić information content (AvgIpc) is 3.11. The Kier molecular flexibility index (Phi) is 5.52. The first-order valence-corrected chi connectivity index (χ1v) is 8.95. The fraction of sp³-hybridized carbons (Fsp3) is 0.706. The molecule has 9 heteroatoms. The van der Waals surface area contributed by atoms with E-state index >= 15 is 0 Å². The van der Waals surface area contributed by atoms with E-state index in [9.17, 15) is 22.8 Å². The van der Waals surface area contributed by atoms with E-state index in [0.717, 1.165) is 5.69 Å². The van der Waals surface area contributed by atoms with Gasteiger partial charge in [-0.05, 0) is 18.8 Å². The van der Waals surface area contributed by atoms with E-state index in [1.54, 1.807) is 12.5 Å². The number of amides is 2. The van der Waals surface area contributed by atoms with Crippen LogP contribution in [0.2, 0.25) is 0 Å². The number of halogens is 3. The highest BCUT2D eigenvalue weighted by Gasteiger charge is 2.40. The Balaban J connectivity index is 1.56. The standard InChI is InChI=1S/C17H23F3N4O2/c18-17(19,20)6-3-15(25)23-7-5-14-12(10-23)1-2-16(26)24(14)8-4-13-9-21-11-22-13/h9,11-12,14H,1-8,10H2,(H,21,22)/t12-,14+/m1/s1. The molecule has 0 saturated carbocycles. The summed E-state index contributed by atoms with van der Waals surface area (Å²) in [7, 11) is 0. The van der Waals surface area contributed by atoms with Crippen LogP contribution in [0.1, 0.15) is 37.8 Å². The number of fused-ring (bicyclic) bond motifs is 1. The Labute approximate surface area is 149 Å². The Morgan fingerprint density at radius 3 is 2.85 bits per heavy atom. The first-order valence-electron chi connectivity index (χ1n) is 8.95. The first kappa shape index (κ1) is 18.7. The lowest BCUT2D eigenvalue weighted by molar-refractivity contribution is -0.153. The van der Waals surface area contributed by atoms with Gasteiger partial charge in [0.05, 0.1) is 12.7 Å².